The summed E-state index contributed by atoms with van der Waals surface area (Å²) in [7, 11) is 0. The third-order valence-electron chi connectivity index (χ3n) is 4.14. The summed E-state index contributed by atoms with van der Waals surface area (Å²) in [5.74, 6) is 2.45. The summed E-state index contributed by atoms with van der Waals surface area (Å²) in [6.45, 7) is 12.6. The van der Waals surface area contributed by atoms with E-state index in [0.29, 0.717) is 12.0 Å². The Morgan fingerprint density at radius 2 is 2.14 bits per heavy atom. The van der Waals surface area contributed by atoms with E-state index in [2.05, 4.69) is 52.1 Å². The van der Waals surface area contributed by atoms with Crippen LogP contribution in [0.25, 0.3) is 0 Å². The Morgan fingerprint density at radius 1 is 1.38 bits per heavy atom. The summed E-state index contributed by atoms with van der Waals surface area (Å²) in [4.78, 5) is 0. The maximum absolute atomic E-state index is 6.27. The molecule has 2 rings (SSSR count). The van der Waals surface area contributed by atoms with Crippen LogP contribution in [0.2, 0.25) is 0 Å². The first kappa shape index (κ1) is 16.2. The molecule has 1 N–H and O–H groups in total. The van der Waals surface area contributed by atoms with E-state index >= 15 is 0 Å². The number of hydrogen-bond donors (Lipinski definition) is 1. The molecule has 1 aliphatic rings. The predicted molar refractivity (Wildman–Crippen MR) is 87.1 cm³/mol. The van der Waals surface area contributed by atoms with Crippen LogP contribution in [0.4, 0.5) is 0 Å². The van der Waals surface area contributed by atoms with Gasteiger partial charge in [0.2, 0.25) is 0 Å². The highest BCUT2D eigenvalue weighted by Crippen LogP contribution is 2.45. The van der Waals surface area contributed by atoms with Crippen molar-refractivity contribution in [1.29, 1.82) is 0 Å². The van der Waals surface area contributed by atoms with Crippen LogP contribution in [0.1, 0.15) is 59.1 Å². The molecular formula is C18H29NO2. The summed E-state index contributed by atoms with van der Waals surface area (Å²) in [5.41, 5.74) is 1.09. The zero-order chi connectivity index (χ0) is 15.5. The summed E-state index contributed by atoms with van der Waals surface area (Å²) in [5, 5.41) is 3.60. The molecule has 0 spiro atoms. The molecule has 0 aliphatic carbocycles. The number of fused-ring (bicyclic) bond motifs is 1. The lowest BCUT2D eigenvalue weighted by molar-refractivity contribution is 0.0430. The van der Waals surface area contributed by atoms with Crippen LogP contribution in [0, 0.1) is 5.92 Å². The van der Waals surface area contributed by atoms with Gasteiger partial charge in [-0.1, -0.05) is 33.8 Å². The summed E-state index contributed by atoms with van der Waals surface area (Å²) in [6, 6.07) is 6.45. The van der Waals surface area contributed by atoms with Crippen molar-refractivity contribution in [3.8, 4) is 11.5 Å². The quantitative estimate of drug-likeness (QED) is 0.846. The molecule has 0 amide bonds. The van der Waals surface area contributed by atoms with Crippen LogP contribution in [0.15, 0.2) is 18.2 Å². The van der Waals surface area contributed by atoms with Gasteiger partial charge in [-0.25, -0.2) is 0 Å². The molecule has 3 nitrogen and oxygen atoms in total. The normalized spacial score (nSPS) is 24.6. The molecule has 21 heavy (non-hydrogen) atoms. The van der Waals surface area contributed by atoms with Gasteiger partial charge in [-0.3, -0.25) is 0 Å². The van der Waals surface area contributed by atoms with Gasteiger partial charge in [0, 0.05) is 12.5 Å². The van der Waals surface area contributed by atoms with Gasteiger partial charge in [-0.05, 0) is 37.9 Å². The van der Waals surface area contributed by atoms with Crippen LogP contribution < -0.4 is 14.8 Å². The van der Waals surface area contributed by atoms with Gasteiger partial charge in [0.25, 0.3) is 0 Å². The smallest absolute Gasteiger partial charge is 0.128 e. The van der Waals surface area contributed by atoms with Crippen molar-refractivity contribution in [1.82, 2.24) is 5.32 Å². The minimum Gasteiger partial charge on any atom is -0.493 e. The van der Waals surface area contributed by atoms with Gasteiger partial charge in [-0.2, -0.15) is 0 Å². The average Bonchev–Trinajstić information content (AvgIpc) is 2.45. The first-order valence-electron chi connectivity index (χ1n) is 8.17. The largest absolute Gasteiger partial charge is 0.493 e. The van der Waals surface area contributed by atoms with Gasteiger partial charge in [0.15, 0.2) is 0 Å². The average molecular weight is 291 g/mol. The predicted octanol–water partition coefficient (Wildman–Crippen LogP) is 4.32. The topological polar surface area (TPSA) is 30.5 Å². The SMILES string of the molecule is CCNC1CC(C)(CC)Oc2cccc(OCC(C)C)c21. The van der Waals surface area contributed by atoms with Gasteiger partial charge in [-0.15, -0.1) is 0 Å². The number of ether oxygens (including phenoxy) is 2. The van der Waals surface area contributed by atoms with Crippen molar-refractivity contribution < 1.29 is 9.47 Å². The van der Waals surface area contributed by atoms with E-state index in [1.807, 2.05) is 6.07 Å². The molecule has 0 fully saturated rings. The Kier molecular flexibility index (Phi) is 5.15. The zero-order valence-corrected chi connectivity index (χ0v) is 14.0. The molecule has 1 heterocycles. The number of rotatable bonds is 6. The van der Waals surface area contributed by atoms with Crippen molar-refractivity contribution >= 4 is 0 Å². The molecule has 0 bridgehead atoms. The Hall–Kier alpha value is -1.22. The van der Waals surface area contributed by atoms with E-state index in [9.17, 15) is 0 Å². The lowest BCUT2D eigenvalue weighted by Gasteiger charge is -2.40. The molecule has 3 heteroatoms. The van der Waals surface area contributed by atoms with E-state index in [1.54, 1.807) is 0 Å². The minimum atomic E-state index is -0.101. The molecule has 0 saturated heterocycles. The maximum atomic E-state index is 6.27. The lowest BCUT2D eigenvalue weighted by Crippen LogP contribution is -2.41. The second-order valence-electron chi connectivity index (χ2n) is 6.59. The van der Waals surface area contributed by atoms with Crippen molar-refractivity contribution in [3.63, 3.8) is 0 Å². The molecule has 2 atom stereocenters. The molecule has 1 aromatic rings. The van der Waals surface area contributed by atoms with Gasteiger partial charge in [0.1, 0.15) is 17.1 Å². The molecule has 0 saturated carbocycles. The van der Waals surface area contributed by atoms with Crippen molar-refractivity contribution in [2.75, 3.05) is 13.2 Å². The first-order chi connectivity index (χ1) is 9.99. The molecule has 0 radical (unpaired) electrons. The molecule has 1 aromatic carbocycles. The molecule has 1 aliphatic heterocycles. The Morgan fingerprint density at radius 3 is 2.76 bits per heavy atom. The minimum absolute atomic E-state index is 0.101. The van der Waals surface area contributed by atoms with Crippen LogP contribution in [-0.2, 0) is 0 Å². The Bertz CT molecular complexity index is 472. The third-order valence-corrected chi connectivity index (χ3v) is 4.14. The maximum Gasteiger partial charge on any atom is 0.128 e. The fraction of sp³-hybridized carbons (Fsp3) is 0.667. The second kappa shape index (κ2) is 6.69. The van der Waals surface area contributed by atoms with Gasteiger partial charge in [0.05, 0.1) is 12.2 Å². The molecule has 118 valence electrons. The van der Waals surface area contributed by atoms with Crippen LogP contribution in [-0.4, -0.2) is 18.8 Å². The fourth-order valence-corrected chi connectivity index (χ4v) is 2.82. The number of hydrogen-bond acceptors (Lipinski definition) is 3. The van der Waals surface area contributed by atoms with E-state index in [0.717, 1.165) is 37.5 Å². The molecular weight excluding hydrogens is 262 g/mol. The highest BCUT2D eigenvalue weighted by Gasteiger charge is 2.37. The molecule has 2 unspecified atom stereocenters. The monoisotopic (exact) mass is 291 g/mol. The first-order valence-corrected chi connectivity index (χ1v) is 8.17. The van der Waals surface area contributed by atoms with Gasteiger partial charge < -0.3 is 14.8 Å². The Balaban J connectivity index is 2.34. The van der Waals surface area contributed by atoms with Gasteiger partial charge >= 0.3 is 0 Å². The van der Waals surface area contributed by atoms with E-state index < -0.39 is 0 Å². The van der Waals surface area contributed by atoms with E-state index in [4.69, 9.17) is 9.47 Å². The number of benzene rings is 1. The number of nitrogens with one attached hydrogen (secondary N) is 1. The lowest BCUT2D eigenvalue weighted by atomic mass is 9.86. The van der Waals surface area contributed by atoms with Crippen molar-refractivity contribution in [2.24, 2.45) is 5.92 Å². The van der Waals surface area contributed by atoms with Crippen molar-refractivity contribution in [2.45, 2.75) is 59.1 Å². The van der Waals surface area contributed by atoms with Crippen LogP contribution >= 0.6 is 0 Å². The summed E-state index contributed by atoms with van der Waals surface area (Å²) < 4.78 is 12.3. The highest BCUT2D eigenvalue weighted by atomic mass is 16.5. The van der Waals surface area contributed by atoms with E-state index in [-0.39, 0.29) is 5.60 Å². The van der Waals surface area contributed by atoms with Crippen LogP contribution in [0.3, 0.4) is 0 Å². The summed E-state index contributed by atoms with van der Waals surface area (Å²) >= 11 is 0. The second-order valence-corrected chi connectivity index (χ2v) is 6.59. The highest BCUT2D eigenvalue weighted by molar-refractivity contribution is 5.49. The fourth-order valence-electron chi connectivity index (χ4n) is 2.82. The molecule has 0 aromatic heterocycles. The zero-order valence-electron chi connectivity index (χ0n) is 14.0. The standard InChI is InChI=1S/C18H29NO2/c1-6-18(5)11-14(19-7-2)17-15(20-12-13(3)4)9-8-10-16(17)21-18/h8-10,13-14,19H,6-7,11-12H2,1-5H3. The third kappa shape index (κ3) is 3.70. The van der Waals surface area contributed by atoms with Crippen molar-refractivity contribution in [3.05, 3.63) is 23.8 Å². The van der Waals surface area contributed by atoms with E-state index in [1.165, 1.54) is 5.56 Å². The van der Waals surface area contributed by atoms with Crippen LogP contribution in [0.5, 0.6) is 11.5 Å². The summed E-state index contributed by atoms with van der Waals surface area (Å²) in [6.07, 6.45) is 1.98. The Labute approximate surface area is 129 Å².